The van der Waals surface area contributed by atoms with Crippen molar-refractivity contribution < 1.29 is 22.4 Å². The summed E-state index contributed by atoms with van der Waals surface area (Å²) in [6.07, 6.45) is 1.67. The maximum atomic E-state index is 12.6. The largest absolute Gasteiger partial charge is 0.451 e. The summed E-state index contributed by atoms with van der Waals surface area (Å²) in [4.78, 5) is 27.0. The normalized spacial score (nSPS) is 17.2. The van der Waals surface area contributed by atoms with Crippen LogP contribution in [0.4, 0.5) is 5.69 Å². The summed E-state index contributed by atoms with van der Waals surface area (Å²) < 4.78 is 28.3. The van der Waals surface area contributed by atoms with Crippen LogP contribution in [0.3, 0.4) is 0 Å². The molecule has 3 aromatic rings. The van der Waals surface area contributed by atoms with E-state index in [-0.39, 0.29) is 35.1 Å². The second-order valence-electron chi connectivity index (χ2n) is 7.81. The first-order valence-electron chi connectivity index (χ1n) is 10.2. The molecule has 0 radical (unpaired) electrons. The Hall–Kier alpha value is -3.21. The number of amides is 2. The fourth-order valence-corrected chi connectivity index (χ4v) is 4.31. The van der Waals surface area contributed by atoms with Crippen LogP contribution >= 0.6 is 0 Å². The molecule has 0 saturated carbocycles. The van der Waals surface area contributed by atoms with Gasteiger partial charge in [-0.15, -0.1) is 0 Å². The summed E-state index contributed by atoms with van der Waals surface area (Å²) in [6, 6.07) is 14.7. The third-order valence-electron chi connectivity index (χ3n) is 5.32. The van der Waals surface area contributed by atoms with Gasteiger partial charge in [-0.05, 0) is 55.8 Å². The highest BCUT2D eigenvalue weighted by Crippen LogP contribution is 2.19. The van der Waals surface area contributed by atoms with Gasteiger partial charge in [-0.2, -0.15) is 0 Å². The van der Waals surface area contributed by atoms with E-state index in [0.717, 1.165) is 24.8 Å². The summed E-state index contributed by atoms with van der Waals surface area (Å²) in [5.41, 5.74) is 1.14. The zero-order valence-corrected chi connectivity index (χ0v) is 18.1. The molecule has 0 spiro atoms. The van der Waals surface area contributed by atoms with Crippen molar-refractivity contribution in [3.05, 3.63) is 60.4 Å². The molecule has 2 heterocycles. The van der Waals surface area contributed by atoms with Gasteiger partial charge in [-0.25, -0.2) is 13.6 Å². The van der Waals surface area contributed by atoms with Gasteiger partial charge in [0.05, 0.1) is 11.4 Å². The number of rotatable bonds is 6. The van der Waals surface area contributed by atoms with Crippen LogP contribution in [-0.2, 0) is 14.8 Å². The number of anilines is 1. The Bertz CT molecular complexity index is 1200. The van der Waals surface area contributed by atoms with E-state index in [4.69, 9.17) is 9.56 Å². The molecule has 0 bridgehead atoms. The molecule has 4 rings (SSSR count). The fraction of sp³-hybridized carbons (Fsp3) is 0.273. The van der Waals surface area contributed by atoms with Crippen LogP contribution in [-0.4, -0.2) is 50.8 Å². The van der Waals surface area contributed by atoms with Crippen LogP contribution in [0.1, 0.15) is 23.4 Å². The van der Waals surface area contributed by atoms with Crippen molar-refractivity contribution in [2.24, 2.45) is 5.14 Å². The minimum atomic E-state index is -3.78. The molecule has 1 aliphatic heterocycles. The molecular formula is C22H24N4O5S. The van der Waals surface area contributed by atoms with E-state index in [0.29, 0.717) is 17.8 Å². The lowest BCUT2D eigenvalue weighted by Gasteiger charge is -2.32. The number of fused-ring (bicyclic) bond motifs is 1. The van der Waals surface area contributed by atoms with Gasteiger partial charge in [-0.1, -0.05) is 18.2 Å². The lowest BCUT2D eigenvalue weighted by Crippen LogP contribution is -2.49. The number of primary sulfonamides is 1. The Labute approximate surface area is 185 Å². The number of hydrogen-bond acceptors (Lipinski definition) is 6. The molecule has 9 nitrogen and oxygen atoms in total. The van der Waals surface area contributed by atoms with Crippen LogP contribution in [0.15, 0.2) is 63.9 Å². The van der Waals surface area contributed by atoms with E-state index in [1.54, 1.807) is 6.07 Å². The Morgan fingerprint density at radius 2 is 1.88 bits per heavy atom. The van der Waals surface area contributed by atoms with Crippen LogP contribution in [0.25, 0.3) is 11.0 Å². The van der Waals surface area contributed by atoms with Crippen molar-refractivity contribution in [2.75, 3.05) is 25.0 Å². The minimum Gasteiger partial charge on any atom is -0.451 e. The van der Waals surface area contributed by atoms with E-state index in [1.807, 2.05) is 29.2 Å². The lowest BCUT2D eigenvalue weighted by molar-refractivity contribution is -0.117. The average Bonchev–Trinajstić information content (AvgIpc) is 3.18. The molecule has 2 amide bonds. The molecule has 1 fully saturated rings. The first kappa shape index (κ1) is 22.0. The Balaban J connectivity index is 1.30. The standard InChI is InChI=1S/C22H24N4O5S/c23-32(29,30)18-9-7-16(8-10-18)24-21(27)14-26-11-3-5-17(13-26)25-22(28)20-12-15-4-1-2-6-19(15)31-20/h1-2,4,6-10,12,17H,3,5,11,13-14H2,(H,24,27)(H,25,28)(H2,23,29,30). The van der Waals surface area contributed by atoms with Gasteiger partial charge in [0.2, 0.25) is 15.9 Å². The number of likely N-dealkylation sites (tertiary alicyclic amines) is 1. The zero-order valence-electron chi connectivity index (χ0n) is 17.3. The number of piperidine rings is 1. The Morgan fingerprint density at radius 3 is 2.59 bits per heavy atom. The van der Waals surface area contributed by atoms with Gasteiger partial charge in [-0.3, -0.25) is 14.5 Å². The lowest BCUT2D eigenvalue weighted by atomic mass is 10.1. The SMILES string of the molecule is NS(=O)(=O)c1ccc(NC(=O)CN2CCCC(NC(=O)c3cc4ccccc4o3)C2)cc1. The number of nitrogens with one attached hydrogen (secondary N) is 2. The van der Waals surface area contributed by atoms with Gasteiger partial charge < -0.3 is 15.1 Å². The number of furan rings is 1. The summed E-state index contributed by atoms with van der Waals surface area (Å²) in [5.74, 6) is -0.228. The monoisotopic (exact) mass is 456 g/mol. The number of nitrogens with zero attached hydrogens (tertiary/aromatic N) is 1. The van der Waals surface area contributed by atoms with E-state index in [1.165, 1.54) is 24.3 Å². The molecule has 2 aromatic carbocycles. The van der Waals surface area contributed by atoms with Crippen molar-refractivity contribution in [3.63, 3.8) is 0 Å². The molecule has 10 heteroatoms. The molecule has 0 aliphatic carbocycles. The summed E-state index contributed by atoms with van der Waals surface area (Å²) in [7, 11) is -3.78. The van der Waals surface area contributed by atoms with Crippen LogP contribution < -0.4 is 15.8 Å². The third-order valence-corrected chi connectivity index (χ3v) is 6.25. The Morgan fingerprint density at radius 1 is 1.12 bits per heavy atom. The fourth-order valence-electron chi connectivity index (χ4n) is 3.80. The topological polar surface area (TPSA) is 135 Å². The highest BCUT2D eigenvalue weighted by molar-refractivity contribution is 7.89. The molecule has 1 atom stereocenters. The molecule has 1 aliphatic rings. The number of carbonyl (C=O) groups excluding carboxylic acids is 2. The maximum absolute atomic E-state index is 12.6. The molecule has 1 unspecified atom stereocenters. The number of carbonyl (C=O) groups is 2. The summed E-state index contributed by atoms with van der Waals surface area (Å²) in [5, 5.41) is 11.7. The highest BCUT2D eigenvalue weighted by atomic mass is 32.2. The van der Waals surface area contributed by atoms with Crippen molar-refractivity contribution >= 4 is 38.5 Å². The van der Waals surface area contributed by atoms with Crippen LogP contribution in [0, 0.1) is 0 Å². The second kappa shape index (κ2) is 9.11. The van der Waals surface area contributed by atoms with Crippen molar-refractivity contribution in [1.29, 1.82) is 0 Å². The number of para-hydroxylation sites is 1. The third kappa shape index (κ3) is 5.34. The van der Waals surface area contributed by atoms with Crippen LogP contribution in [0.5, 0.6) is 0 Å². The average molecular weight is 457 g/mol. The predicted molar refractivity (Wildman–Crippen MR) is 120 cm³/mol. The molecule has 4 N–H and O–H groups in total. The predicted octanol–water partition coefficient (Wildman–Crippen LogP) is 1.91. The highest BCUT2D eigenvalue weighted by Gasteiger charge is 2.24. The number of benzene rings is 2. The number of nitrogens with two attached hydrogens (primary N) is 1. The van der Waals surface area contributed by atoms with E-state index in [9.17, 15) is 18.0 Å². The number of hydrogen-bond donors (Lipinski definition) is 3. The van der Waals surface area contributed by atoms with Crippen molar-refractivity contribution in [2.45, 2.75) is 23.8 Å². The minimum absolute atomic E-state index is 0.0189. The van der Waals surface area contributed by atoms with Crippen molar-refractivity contribution in [3.8, 4) is 0 Å². The van der Waals surface area contributed by atoms with Gasteiger partial charge in [0.1, 0.15) is 5.58 Å². The quantitative estimate of drug-likeness (QED) is 0.519. The van der Waals surface area contributed by atoms with Crippen LogP contribution in [0.2, 0.25) is 0 Å². The zero-order chi connectivity index (χ0) is 22.7. The van der Waals surface area contributed by atoms with Crippen molar-refractivity contribution in [1.82, 2.24) is 10.2 Å². The van der Waals surface area contributed by atoms with E-state index < -0.39 is 10.0 Å². The van der Waals surface area contributed by atoms with Gasteiger partial charge in [0.15, 0.2) is 5.76 Å². The Kier molecular flexibility index (Phi) is 6.26. The number of sulfonamides is 1. The summed E-state index contributed by atoms with van der Waals surface area (Å²) >= 11 is 0. The first-order valence-corrected chi connectivity index (χ1v) is 11.8. The maximum Gasteiger partial charge on any atom is 0.287 e. The molecule has 168 valence electrons. The van der Waals surface area contributed by atoms with E-state index >= 15 is 0 Å². The first-order chi connectivity index (χ1) is 15.3. The molecule has 1 saturated heterocycles. The van der Waals surface area contributed by atoms with E-state index in [2.05, 4.69) is 10.6 Å². The van der Waals surface area contributed by atoms with Gasteiger partial charge >= 0.3 is 0 Å². The van der Waals surface area contributed by atoms with Gasteiger partial charge in [0.25, 0.3) is 5.91 Å². The molecule has 1 aromatic heterocycles. The smallest absolute Gasteiger partial charge is 0.287 e. The van der Waals surface area contributed by atoms with Gasteiger partial charge in [0, 0.05) is 23.7 Å². The second-order valence-corrected chi connectivity index (χ2v) is 9.38. The molecule has 32 heavy (non-hydrogen) atoms. The summed E-state index contributed by atoms with van der Waals surface area (Å²) in [6.45, 7) is 1.45. The molecular weight excluding hydrogens is 432 g/mol.